The second-order valence-corrected chi connectivity index (χ2v) is 4.35. The van der Waals surface area contributed by atoms with Crippen molar-refractivity contribution in [2.45, 2.75) is 13.5 Å². The third-order valence-corrected chi connectivity index (χ3v) is 2.86. The number of methoxy groups -OCH3 is 1. The molecule has 0 saturated heterocycles. The van der Waals surface area contributed by atoms with Crippen LogP contribution in [0.15, 0.2) is 12.1 Å². The molecule has 2 N–H and O–H groups in total. The Hall–Kier alpha value is -0.770. The van der Waals surface area contributed by atoms with Crippen molar-refractivity contribution in [3.8, 4) is 5.75 Å². The Bertz CT molecular complexity index is 355. The van der Waals surface area contributed by atoms with E-state index in [-0.39, 0.29) is 0 Å². The van der Waals surface area contributed by atoms with Gasteiger partial charge in [0.05, 0.1) is 12.1 Å². The molecule has 0 spiro atoms. The van der Waals surface area contributed by atoms with Gasteiger partial charge in [0, 0.05) is 19.6 Å². The summed E-state index contributed by atoms with van der Waals surface area (Å²) < 4.78 is 5.17. The summed E-state index contributed by atoms with van der Waals surface area (Å²) in [6.07, 6.45) is 0. The molecule has 3 nitrogen and oxygen atoms in total. The molecular weight excluding hydrogens is 224 g/mol. The Kier molecular flexibility index (Phi) is 5.06. The molecule has 0 unspecified atom stereocenters. The molecule has 16 heavy (non-hydrogen) atoms. The van der Waals surface area contributed by atoms with Crippen LogP contribution >= 0.6 is 11.6 Å². The molecule has 0 atom stereocenters. The fraction of sp³-hybridized carbons (Fsp3) is 0.500. The van der Waals surface area contributed by atoms with Crippen molar-refractivity contribution in [2.24, 2.45) is 5.73 Å². The van der Waals surface area contributed by atoms with E-state index in [2.05, 4.69) is 11.8 Å². The van der Waals surface area contributed by atoms with Gasteiger partial charge < -0.3 is 15.4 Å². The maximum atomic E-state index is 6.09. The first-order chi connectivity index (χ1) is 7.58. The summed E-state index contributed by atoms with van der Waals surface area (Å²) >= 11 is 6.09. The number of benzene rings is 1. The third-order valence-electron chi connectivity index (χ3n) is 2.56. The predicted molar refractivity (Wildman–Crippen MR) is 68.1 cm³/mol. The lowest BCUT2D eigenvalue weighted by molar-refractivity contribution is 0.335. The number of rotatable bonds is 5. The zero-order valence-corrected chi connectivity index (χ0v) is 10.8. The van der Waals surface area contributed by atoms with Gasteiger partial charge in [0.15, 0.2) is 0 Å². The van der Waals surface area contributed by atoms with Gasteiger partial charge >= 0.3 is 0 Å². The monoisotopic (exact) mass is 242 g/mol. The van der Waals surface area contributed by atoms with E-state index >= 15 is 0 Å². The molecule has 0 amide bonds. The first-order valence-corrected chi connectivity index (χ1v) is 5.68. The average Bonchev–Trinajstić information content (AvgIpc) is 2.23. The second kappa shape index (κ2) is 6.09. The van der Waals surface area contributed by atoms with Crippen molar-refractivity contribution in [2.75, 3.05) is 27.2 Å². The molecule has 4 heteroatoms. The van der Waals surface area contributed by atoms with Crippen LogP contribution < -0.4 is 10.5 Å². The fourth-order valence-corrected chi connectivity index (χ4v) is 1.88. The highest BCUT2D eigenvalue weighted by molar-refractivity contribution is 6.32. The van der Waals surface area contributed by atoms with E-state index in [1.807, 2.05) is 19.2 Å². The van der Waals surface area contributed by atoms with E-state index in [9.17, 15) is 0 Å². The van der Waals surface area contributed by atoms with Crippen molar-refractivity contribution < 1.29 is 4.74 Å². The quantitative estimate of drug-likeness (QED) is 0.859. The van der Waals surface area contributed by atoms with Crippen LogP contribution in [0.5, 0.6) is 5.75 Å². The molecule has 1 aromatic rings. The number of ether oxygens (including phenoxy) is 1. The Morgan fingerprint density at radius 1 is 1.44 bits per heavy atom. The summed E-state index contributed by atoms with van der Waals surface area (Å²) in [7, 11) is 3.67. The van der Waals surface area contributed by atoms with E-state index in [0.29, 0.717) is 11.6 Å². The maximum Gasteiger partial charge on any atom is 0.137 e. The number of hydrogen-bond acceptors (Lipinski definition) is 3. The smallest absolute Gasteiger partial charge is 0.137 e. The minimum Gasteiger partial charge on any atom is -0.495 e. The molecule has 0 saturated carbocycles. The van der Waals surface area contributed by atoms with Crippen LogP contribution in [0.1, 0.15) is 11.1 Å². The molecule has 1 rings (SSSR count). The van der Waals surface area contributed by atoms with E-state index in [4.69, 9.17) is 22.1 Å². The highest BCUT2D eigenvalue weighted by atomic mass is 35.5. The molecule has 0 bridgehead atoms. The van der Waals surface area contributed by atoms with Crippen molar-refractivity contribution >= 4 is 11.6 Å². The van der Waals surface area contributed by atoms with Gasteiger partial charge in [-0.1, -0.05) is 11.6 Å². The van der Waals surface area contributed by atoms with Crippen molar-refractivity contribution in [1.82, 2.24) is 4.90 Å². The second-order valence-electron chi connectivity index (χ2n) is 3.94. The Morgan fingerprint density at radius 2 is 2.12 bits per heavy atom. The first kappa shape index (κ1) is 13.3. The summed E-state index contributed by atoms with van der Waals surface area (Å²) in [6, 6.07) is 3.93. The minimum atomic E-state index is 0.657. The lowest BCUT2D eigenvalue weighted by Gasteiger charge is -2.18. The Labute approximate surface area is 102 Å². The van der Waals surface area contributed by atoms with Crippen LogP contribution in [0.2, 0.25) is 5.02 Å². The van der Waals surface area contributed by atoms with Gasteiger partial charge in [-0.15, -0.1) is 0 Å². The average molecular weight is 243 g/mol. The molecule has 90 valence electrons. The highest BCUT2D eigenvalue weighted by Gasteiger charge is 2.08. The predicted octanol–water partition coefficient (Wildman–Crippen LogP) is 2.05. The largest absolute Gasteiger partial charge is 0.495 e. The summed E-state index contributed by atoms with van der Waals surface area (Å²) in [5.41, 5.74) is 7.90. The molecular formula is C12H19ClN2O. The van der Waals surface area contributed by atoms with Crippen LogP contribution in [-0.2, 0) is 6.54 Å². The van der Waals surface area contributed by atoms with E-state index < -0.39 is 0 Å². The number of hydrogen-bond donors (Lipinski definition) is 1. The normalized spacial score (nSPS) is 10.9. The standard InChI is InChI=1S/C12H19ClN2O/c1-9-6-12(16-3)11(13)7-10(9)8-15(2)5-4-14/h6-7H,4-5,8,14H2,1-3H3. The van der Waals surface area contributed by atoms with Crippen LogP contribution in [0.4, 0.5) is 0 Å². The zero-order valence-electron chi connectivity index (χ0n) is 10.1. The van der Waals surface area contributed by atoms with Gasteiger partial charge in [-0.3, -0.25) is 0 Å². The third kappa shape index (κ3) is 3.37. The molecule has 0 aliphatic carbocycles. The summed E-state index contributed by atoms with van der Waals surface area (Å²) in [6.45, 7) is 4.46. The molecule has 0 fully saturated rings. The van der Waals surface area contributed by atoms with Gasteiger partial charge in [-0.2, -0.15) is 0 Å². The molecule has 0 radical (unpaired) electrons. The zero-order chi connectivity index (χ0) is 12.1. The summed E-state index contributed by atoms with van der Waals surface area (Å²) in [4.78, 5) is 2.17. The molecule has 1 aromatic carbocycles. The lowest BCUT2D eigenvalue weighted by atomic mass is 10.1. The van der Waals surface area contributed by atoms with E-state index in [1.54, 1.807) is 7.11 Å². The van der Waals surface area contributed by atoms with E-state index in [1.165, 1.54) is 11.1 Å². The number of aryl methyl sites for hydroxylation is 1. The van der Waals surface area contributed by atoms with Crippen LogP contribution in [0.25, 0.3) is 0 Å². The lowest BCUT2D eigenvalue weighted by Crippen LogP contribution is -2.25. The highest BCUT2D eigenvalue weighted by Crippen LogP contribution is 2.28. The maximum absolute atomic E-state index is 6.09. The van der Waals surface area contributed by atoms with Crippen LogP contribution in [0, 0.1) is 6.92 Å². The summed E-state index contributed by atoms with van der Waals surface area (Å²) in [5.74, 6) is 0.726. The minimum absolute atomic E-state index is 0.657. The number of nitrogens with zero attached hydrogens (tertiary/aromatic N) is 1. The SMILES string of the molecule is COc1cc(C)c(CN(C)CCN)cc1Cl. The van der Waals surface area contributed by atoms with Gasteiger partial charge in [-0.05, 0) is 37.2 Å². The topological polar surface area (TPSA) is 38.5 Å². The fourth-order valence-electron chi connectivity index (χ4n) is 1.61. The van der Waals surface area contributed by atoms with Crippen molar-refractivity contribution in [3.63, 3.8) is 0 Å². The number of nitrogens with two attached hydrogens (primary N) is 1. The van der Waals surface area contributed by atoms with Gasteiger partial charge in [0.2, 0.25) is 0 Å². The van der Waals surface area contributed by atoms with Crippen LogP contribution in [0.3, 0.4) is 0 Å². The first-order valence-electron chi connectivity index (χ1n) is 5.30. The van der Waals surface area contributed by atoms with Gasteiger partial charge in [0.25, 0.3) is 0 Å². The van der Waals surface area contributed by atoms with Gasteiger partial charge in [0.1, 0.15) is 5.75 Å². The van der Waals surface area contributed by atoms with E-state index in [0.717, 1.165) is 18.8 Å². The number of halogens is 1. The van der Waals surface area contributed by atoms with Gasteiger partial charge in [-0.25, -0.2) is 0 Å². The molecule has 0 aliphatic heterocycles. The van der Waals surface area contributed by atoms with Crippen molar-refractivity contribution in [3.05, 3.63) is 28.3 Å². The molecule has 0 heterocycles. The van der Waals surface area contributed by atoms with Crippen LogP contribution in [-0.4, -0.2) is 32.1 Å². The summed E-state index contributed by atoms with van der Waals surface area (Å²) in [5, 5.41) is 0.657. The Morgan fingerprint density at radius 3 is 2.69 bits per heavy atom. The van der Waals surface area contributed by atoms with Crippen molar-refractivity contribution in [1.29, 1.82) is 0 Å². The number of likely N-dealkylation sites (N-methyl/N-ethyl adjacent to an activating group) is 1. The molecule has 0 aromatic heterocycles. The molecule has 0 aliphatic rings. The Balaban J connectivity index is 2.85.